The van der Waals surface area contributed by atoms with Crippen LogP contribution in [0.25, 0.3) is 0 Å². The van der Waals surface area contributed by atoms with Gasteiger partial charge in [-0.2, -0.15) is 0 Å². The zero-order valence-corrected chi connectivity index (χ0v) is 9.00. The standard InChI is InChI=1S/C8H14.Au.ClH/c1-2-4-6-8-7-5-3-1;;/h1-2H,3-8H2;;1H/q;+1;/p-1/b2-1-;;. The number of allylic oxidation sites excluding steroid dienone is 2. The van der Waals surface area contributed by atoms with E-state index in [1.807, 2.05) is 0 Å². The van der Waals surface area contributed by atoms with Gasteiger partial charge in [0, 0.05) is 0 Å². The van der Waals surface area contributed by atoms with Crippen LogP contribution in [-0.2, 0) is 20.0 Å². The van der Waals surface area contributed by atoms with Gasteiger partial charge in [-0.15, -0.1) is 0 Å². The maximum atomic E-state index is 4.58. The molecule has 0 fully saturated rings. The Kier molecular flexibility index (Phi) is 10.5. The molecule has 0 saturated carbocycles. The summed E-state index contributed by atoms with van der Waals surface area (Å²) in [6, 6.07) is 0. The first-order chi connectivity index (χ1) is 5.00. The van der Waals surface area contributed by atoms with E-state index in [1.165, 1.54) is 38.5 Å². The Hall–Kier alpha value is 0.770. The van der Waals surface area contributed by atoms with Crippen LogP contribution in [0.15, 0.2) is 12.2 Å². The average Bonchev–Trinajstić information content (AvgIpc) is 1.90. The molecule has 0 saturated heterocycles. The molecule has 1 rings (SSSR count). The second kappa shape index (κ2) is 9.77. The molecule has 0 amide bonds. The first-order valence-corrected chi connectivity index (χ1v) is 6.45. The van der Waals surface area contributed by atoms with Crippen LogP contribution in [0.3, 0.4) is 0 Å². The van der Waals surface area contributed by atoms with E-state index in [9.17, 15) is 0 Å². The van der Waals surface area contributed by atoms with Gasteiger partial charge in [0.1, 0.15) is 0 Å². The number of hydrogen-bond donors (Lipinski definition) is 0. The molecule has 10 heavy (non-hydrogen) atoms. The predicted molar refractivity (Wildman–Crippen MR) is 42.7 cm³/mol. The summed E-state index contributed by atoms with van der Waals surface area (Å²) < 4.78 is 0. The Balaban J connectivity index is 0.000000371. The minimum atomic E-state index is 1.32. The second-order valence-electron chi connectivity index (χ2n) is 2.46. The van der Waals surface area contributed by atoms with Gasteiger partial charge < -0.3 is 0 Å². The van der Waals surface area contributed by atoms with E-state index in [-0.39, 0.29) is 0 Å². The Bertz CT molecular complexity index is 71.3. The normalized spacial score (nSPS) is 21.5. The summed E-state index contributed by atoms with van der Waals surface area (Å²) in [5.41, 5.74) is 0. The molecule has 0 atom stereocenters. The Labute approximate surface area is 79.8 Å². The summed E-state index contributed by atoms with van der Waals surface area (Å²) in [6.45, 7) is 0. The van der Waals surface area contributed by atoms with Gasteiger partial charge in [-0.3, -0.25) is 0 Å². The van der Waals surface area contributed by atoms with Crippen molar-refractivity contribution in [3.05, 3.63) is 12.2 Å². The Morgan fingerprint density at radius 2 is 1.20 bits per heavy atom. The van der Waals surface area contributed by atoms with E-state index in [0.717, 1.165) is 0 Å². The van der Waals surface area contributed by atoms with Crippen molar-refractivity contribution in [1.29, 1.82) is 0 Å². The molecular weight excluding hydrogens is 329 g/mol. The SMILES string of the molecule is C1=C\CCCCCC/1.[Cl][Au]. The summed E-state index contributed by atoms with van der Waals surface area (Å²) >= 11 is 1.75. The monoisotopic (exact) mass is 342 g/mol. The molecule has 0 unspecified atom stereocenters. The predicted octanol–water partition coefficient (Wildman–Crippen LogP) is 3.58. The van der Waals surface area contributed by atoms with Gasteiger partial charge in [0.05, 0.1) is 0 Å². The molecule has 1 aliphatic rings. The van der Waals surface area contributed by atoms with E-state index >= 15 is 0 Å². The van der Waals surface area contributed by atoms with Crippen LogP contribution in [0.4, 0.5) is 0 Å². The van der Waals surface area contributed by atoms with Crippen molar-refractivity contribution < 1.29 is 20.0 Å². The third kappa shape index (κ3) is 6.88. The Morgan fingerprint density at radius 1 is 0.800 bits per heavy atom. The summed E-state index contributed by atoms with van der Waals surface area (Å²) in [5.74, 6) is 0. The van der Waals surface area contributed by atoms with Crippen molar-refractivity contribution in [3.8, 4) is 0 Å². The van der Waals surface area contributed by atoms with Crippen LogP contribution in [-0.4, -0.2) is 0 Å². The molecule has 0 nitrogen and oxygen atoms in total. The molecule has 0 aliphatic heterocycles. The van der Waals surface area contributed by atoms with Gasteiger partial charge in [-0.25, -0.2) is 0 Å². The quantitative estimate of drug-likeness (QED) is 0.466. The third-order valence-corrected chi connectivity index (χ3v) is 1.66. The molecule has 0 aromatic carbocycles. The van der Waals surface area contributed by atoms with Gasteiger partial charge in [0.15, 0.2) is 0 Å². The van der Waals surface area contributed by atoms with Gasteiger partial charge in [0.2, 0.25) is 0 Å². The fraction of sp³-hybridized carbons (Fsp3) is 0.750. The fourth-order valence-electron chi connectivity index (χ4n) is 1.11. The molecule has 0 aromatic heterocycles. The molecule has 0 aromatic rings. The fourth-order valence-corrected chi connectivity index (χ4v) is 1.11. The number of rotatable bonds is 0. The van der Waals surface area contributed by atoms with Crippen LogP contribution in [0, 0.1) is 0 Å². The summed E-state index contributed by atoms with van der Waals surface area (Å²) in [7, 11) is 4.58. The summed E-state index contributed by atoms with van der Waals surface area (Å²) in [4.78, 5) is 0. The number of halogens is 1. The molecule has 1 aliphatic carbocycles. The second-order valence-corrected chi connectivity index (χ2v) is 2.46. The summed E-state index contributed by atoms with van der Waals surface area (Å²) in [5, 5.41) is 0. The van der Waals surface area contributed by atoms with E-state index in [2.05, 4.69) is 21.3 Å². The first kappa shape index (κ1) is 10.8. The van der Waals surface area contributed by atoms with E-state index in [0.29, 0.717) is 0 Å². The topological polar surface area (TPSA) is 0 Å². The van der Waals surface area contributed by atoms with Crippen molar-refractivity contribution in [3.63, 3.8) is 0 Å². The molecule has 2 heteroatoms. The van der Waals surface area contributed by atoms with Crippen molar-refractivity contribution in [2.45, 2.75) is 38.5 Å². The van der Waals surface area contributed by atoms with Crippen LogP contribution in [0.5, 0.6) is 0 Å². The molecule has 0 heterocycles. The molecular formula is C8H14AuCl. The van der Waals surface area contributed by atoms with Gasteiger partial charge in [0.25, 0.3) is 0 Å². The van der Waals surface area contributed by atoms with Crippen LogP contribution in [0.1, 0.15) is 38.5 Å². The minimum absolute atomic E-state index is 1.32. The molecule has 0 N–H and O–H groups in total. The van der Waals surface area contributed by atoms with Gasteiger partial charge >= 0.3 is 29.2 Å². The van der Waals surface area contributed by atoms with Crippen LogP contribution < -0.4 is 0 Å². The van der Waals surface area contributed by atoms with Crippen molar-refractivity contribution in [2.75, 3.05) is 0 Å². The molecule has 64 valence electrons. The first-order valence-electron chi connectivity index (χ1n) is 3.76. The van der Waals surface area contributed by atoms with Crippen LogP contribution in [0.2, 0.25) is 0 Å². The van der Waals surface area contributed by atoms with Crippen LogP contribution >= 0.6 is 9.19 Å². The van der Waals surface area contributed by atoms with Crippen molar-refractivity contribution >= 4 is 9.19 Å². The maximum absolute atomic E-state index is 4.58. The van der Waals surface area contributed by atoms with E-state index in [4.69, 9.17) is 0 Å². The van der Waals surface area contributed by atoms with Gasteiger partial charge in [-0.05, 0) is 25.7 Å². The molecule has 0 radical (unpaired) electrons. The van der Waals surface area contributed by atoms with Crippen molar-refractivity contribution in [2.24, 2.45) is 0 Å². The average molecular weight is 343 g/mol. The Morgan fingerprint density at radius 3 is 1.60 bits per heavy atom. The zero-order valence-electron chi connectivity index (χ0n) is 6.08. The van der Waals surface area contributed by atoms with Gasteiger partial charge in [-0.1, -0.05) is 25.0 Å². The van der Waals surface area contributed by atoms with E-state index < -0.39 is 0 Å². The summed E-state index contributed by atoms with van der Waals surface area (Å²) in [6.07, 6.45) is 13.0. The molecule has 0 spiro atoms. The van der Waals surface area contributed by atoms with E-state index in [1.54, 1.807) is 20.0 Å². The number of hydrogen-bond acceptors (Lipinski definition) is 0. The molecule has 0 bridgehead atoms. The van der Waals surface area contributed by atoms with Crippen molar-refractivity contribution in [1.82, 2.24) is 0 Å². The third-order valence-electron chi connectivity index (χ3n) is 1.66. The zero-order chi connectivity index (χ0) is 7.66.